The molecule has 12 nitrogen and oxygen atoms in total. The van der Waals surface area contributed by atoms with Gasteiger partial charge < -0.3 is 25.0 Å². The highest BCUT2D eigenvalue weighted by atomic mass is 32.2. The number of para-hydroxylation sites is 1. The normalized spacial score (nSPS) is 19.4. The van der Waals surface area contributed by atoms with Crippen LogP contribution in [-0.4, -0.2) is 90.9 Å². The molecule has 5 rings (SSSR count). The van der Waals surface area contributed by atoms with Gasteiger partial charge in [0.25, 0.3) is 0 Å². The van der Waals surface area contributed by atoms with Gasteiger partial charge in [0.1, 0.15) is 16.7 Å². The molecule has 2 fully saturated rings. The van der Waals surface area contributed by atoms with Crippen molar-refractivity contribution in [1.29, 1.82) is 0 Å². The van der Waals surface area contributed by atoms with Crippen LogP contribution in [0.5, 0.6) is 5.75 Å². The van der Waals surface area contributed by atoms with E-state index in [1.54, 1.807) is 35.9 Å². The summed E-state index contributed by atoms with van der Waals surface area (Å²) in [6, 6.07) is 14.6. The van der Waals surface area contributed by atoms with E-state index < -0.39 is 28.0 Å². The summed E-state index contributed by atoms with van der Waals surface area (Å²) >= 11 is 0. The average Bonchev–Trinajstić information content (AvgIpc) is 3.67. The molecule has 2 unspecified atom stereocenters. The lowest BCUT2D eigenvalue weighted by Crippen LogP contribution is -2.62. The number of hydrogen-bond donors (Lipinski definition) is 2. The van der Waals surface area contributed by atoms with Crippen molar-refractivity contribution in [3.8, 4) is 11.4 Å². The van der Waals surface area contributed by atoms with Crippen LogP contribution in [-0.2, 0) is 19.6 Å². The fourth-order valence-electron chi connectivity index (χ4n) is 5.20. The van der Waals surface area contributed by atoms with E-state index in [2.05, 4.69) is 15.7 Å². The fraction of sp³-hybridized carbons (Fsp3) is 0.414. The Morgan fingerprint density at radius 3 is 2.55 bits per heavy atom. The van der Waals surface area contributed by atoms with E-state index in [9.17, 15) is 18.0 Å². The summed E-state index contributed by atoms with van der Waals surface area (Å²) in [4.78, 5) is 28.2. The summed E-state index contributed by atoms with van der Waals surface area (Å²) in [7, 11) is -4.14. The Kier molecular flexibility index (Phi) is 9.09. The zero-order valence-electron chi connectivity index (χ0n) is 23.7. The lowest BCUT2D eigenvalue weighted by Gasteiger charge is -2.39. The second-order valence-electron chi connectivity index (χ2n) is 10.2. The average molecular weight is 597 g/mol. The number of amides is 3. The highest BCUT2D eigenvalue weighted by Crippen LogP contribution is 2.26. The number of carbonyl (C=O) groups is 2. The first kappa shape index (κ1) is 29.5. The molecule has 0 radical (unpaired) electrons. The number of piperazine rings is 1. The maximum absolute atomic E-state index is 14.0. The number of hydrogen-bond acceptors (Lipinski definition) is 7. The van der Waals surface area contributed by atoms with E-state index in [0.717, 1.165) is 18.5 Å². The van der Waals surface area contributed by atoms with Gasteiger partial charge in [0, 0.05) is 38.5 Å². The molecule has 42 heavy (non-hydrogen) atoms. The molecule has 224 valence electrons. The number of nitrogens with zero attached hydrogens (tertiary/aromatic N) is 4. The molecule has 3 aromatic rings. The van der Waals surface area contributed by atoms with Gasteiger partial charge in [0.15, 0.2) is 0 Å². The van der Waals surface area contributed by atoms with E-state index in [1.165, 1.54) is 15.4 Å². The van der Waals surface area contributed by atoms with Gasteiger partial charge in [-0.25, -0.2) is 17.9 Å². The lowest BCUT2D eigenvalue weighted by atomic mass is 10.2. The number of carbonyl (C=O) groups excluding carboxylic acids is 2. The minimum atomic E-state index is -4.14. The number of ether oxygens (including phenoxy) is 2. The van der Waals surface area contributed by atoms with Crippen LogP contribution in [0.15, 0.2) is 65.7 Å². The third-order valence-corrected chi connectivity index (χ3v) is 9.43. The van der Waals surface area contributed by atoms with Crippen LogP contribution in [0.1, 0.15) is 25.5 Å². The van der Waals surface area contributed by atoms with Crippen molar-refractivity contribution >= 4 is 27.6 Å². The number of urea groups is 1. The van der Waals surface area contributed by atoms with Crippen LogP contribution in [0.3, 0.4) is 0 Å². The molecule has 3 amide bonds. The first-order chi connectivity index (χ1) is 20.3. The molecular formula is C29H36N6O6S. The second-order valence-corrected chi connectivity index (χ2v) is 12.0. The third kappa shape index (κ3) is 6.42. The van der Waals surface area contributed by atoms with Crippen molar-refractivity contribution < 1.29 is 27.5 Å². The largest absolute Gasteiger partial charge is 0.494 e. The Morgan fingerprint density at radius 1 is 1.10 bits per heavy atom. The van der Waals surface area contributed by atoms with Crippen LogP contribution < -0.4 is 15.4 Å². The van der Waals surface area contributed by atoms with Gasteiger partial charge in [-0.1, -0.05) is 18.2 Å². The molecule has 2 saturated heterocycles. The Bertz CT molecular complexity index is 1490. The van der Waals surface area contributed by atoms with Crippen molar-refractivity contribution in [3.05, 3.63) is 66.5 Å². The maximum Gasteiger partial charge on any atom is 0.321 e. The number of nitrogens with one attached hydrogen (secondary N) is 2. The molecule has 0 spiro atoms. The highest BCUT2D eigenvalue weighted by Gasteiger charge is 2.42. The zero-order chi connectivity index (χ0) is 29.7. The summed E-state index contributed by atoms with van der Waals surface area (Å²) in [5, 5.41) is 10.0. The highest BCUT2D eigenvalue weighted by molar-refractivity contribution is 7.89. The van der Waals surface area contributed by atoms with E-state index in [4.69, 9.17) is 9.47 Å². The Morgan fingerprint density at radius 2 is 1.86 bits per heavy atom. The van der Waals surface area contributed by atoms with Gasteiger partial charge in [-0.15, -0.1) is 0 Å². The lowest BCUT2D eigenvalue weighted by molar-refractivity contribution is -0.126. The molecule has 2 N–H and O–H groups in total. The molecule has 13 heteroatoms. The molecular weight excluding hydrogens is 560 g/mol. The molecule has 1 aromatic heterocycles. The molecule has 0 bridgehead atoms. The number of benzene rings is 2. The topological polar surface area (TPSA) is 135 Å². The van der Waals surface area contributed by atoms with Gasteiger partial charge in [-0.3, -0.25) is 4.79 Å². The minimum Gasteiger partial charge on any atom is -0.494 e. The smallest absolute Gasteiger partial charge is 0.321 e. The maximum atomic E-state index is 14.0. The predicted molar refractivity (Wildman–Crippen MR) is 156 cm³/mol. The standard InChI is InChI=1S/C29H36N6O6S/c1-3-40-24-13-11-22(12-14-24)32-29(37)33-15-16-34(26(20-33)28(36)30-18-25-10-7-17-41-25)42(38,39)27-19-31-35(21(27)2)23-8-5-4-6-9-23/h4-6,8-9,11-14,19,25-26H,3,7,10,15-18,20H2,1-2H3,(H,30,36)(H,32,37). The summed E-state index contributed by atoms with van der Waals surface area (Å²) < 4.78 is 41.8. The van der Waals surface area contributed by atoms with Crippen molar-refractivity contribution in [2.75, 3.05) is 44.7 Å². The van der Waals surface area contributed by atoms with Gasteiger partial charge >= 0.3 is 6.03 Å². The second kappa shape index (κ2) is 12.9. The van der Waals surface area contributed by atoms with Crippen LogP contribution in [0.2, 0.25) is 0 Å². The SMILES string of the molecule is CCOc1ccc(NC(=O)N2CCN(S(=O)(=O)c3cnn(-c4ccccc4)c3C)C(C(=O)NCC3CCCO3)C2)cc1. The number of sulfonamides is 1. The third-order valence-electron chi connectivity index (χ3n) is 7.42. The van der Waals surface area contributed by atoms with Crippen LogP contribution in [0, 0.1) is 6.92 Å². The van der Waals surface area contributed by atoms with Crippen molar-refractivity contribution in [3.63, 3.8) is 0 Å². The summed E-state index contributed by atoms with van der Waals surface area (Å²) in [5.74, 6) is 0.198. The molecule has 0 saturated carbocycles. The Hall–Kier alpha value is -3.94. The van der Waals surface area contributed by atoms with E-state index in [1.807, 2.05) is 37.3 Å². The number of rotatable bonds is 9. The summed E-state index contributed by atoms with van der Waals surface area (Å²) in [6.45, 7) is 4.92. The van der Waals surface area contributed by atoms with Gasteiger partial charge in [-0.2, -0.15) is 9.40 Å². The molecule has 2 atom stereocenters. The van der Waals surface area contributed by atoms with E-state index in [0.29, 0.717) is 30.3 Å². The fourth-order valence-corrected chi connectivity index (χ4v) is 6.91. The molecule has 0 aliphatic carbocycles. The van der Waals surface area contributed by atoms with Crippen LogP contribution in [0.25, 0.3) is 5.69 Å². The predicted octanol–water partition coefficient (Wildman–Crippen LogP) is 2.78. The van der Waals surface area contributed by atoms with Gasteiger partial charge in [-0.05, 0) is 63.1 Å². The molecule has 2 aliphatic heterocycles. The van der Waals surface area contributed by atoms with Crippen molar-refractivity contribution in [2.45, 2.75) is 43.7 Å². The monoisotopic (exact) mass is 596 g/mol. The molecule has 2 aromatic carbocycles. The van der Waals surface area contributed by atoms with Gasteiger partial charge in [0.05, 0.1) is 30.3 Å². The van der Waals surface area contributed by atoms with E-state index >= 15 is 0 Å². The van der Waals surface area contributed by atoms with Crippen molar-refractivity contribution in [1.82, 2.24) is 24.3 Å². The number of anilines is 1. The molecule has 2 aliphatic rings. The molecule has 3 heterocycles. The first-order valence-electron chi connectivity index (χ1n) is 14.1. The van der Waals surface area contributed by atoms with Gasteiger partial charge in [0.2, 0.25) is 15.9 Å². The van der Waals surface area contributed by atoms with E-state index in [-0.39, 0.29) is 37.2 Å². The summed E-state index contributed by atoms with van der Waals surface area (Å²) in [6.07, 6.45) is 2.92. The number of aromatic nitrogens is 2. The zero-order valence-corrected chi connectivity index (χ0v) is 24.5. The van der Waals surface area contributed by atoms with Crippen LogP contribution >= 0.6 is 0 Å². The quantitative estimate of drug-likeness (QED) is 0.388. The van der Waals surface area contributed by atoms with Crippen LogP contribution in [0.4, 0.5) is 10.5 Å². The van der Waals surface area contributed by atoms with Crippen molar-refractivity contribution in [2.24, 2.45) is 0 Å². The summed E-state index contributed by atoms with van der Waals surface area (Å²) in [5.41, 5.74) is 1.70. The first-order valence-corrected chi connectivity index (χ1v) is 15.5. The minimum absolute atomic E-state index is 0.00979. The Balaban J connectivity index is 1.36. The Labute approximate surface area is 245 Å².